The standard InChI is InChI=1S/C21H22F2N2/c1-13(19-9-7-18(12-21(22)23)25-15(19)3)16-6-8-20-14(2)24-10-4-5-17(20)11-16/h6-9,11,21,24H,1-2,4-5,10,12H2,3H3. The average Bonchev–Trinajstić information content (AvgIpc) is 2.75. The number of fused-ring (bicyclic) bond motifs is 1. The van der Waals surface area contributed by atoms with Gasteiger partial charge in [-0.05, 0) is 42.5 Å². The molecule has 0 bridgehead atoms. The first-order chi connectivity index (χ1) is 12.0. The molecule has 1 aromatic heterocycles. The minimum atomic E-state index is -2.38. The summed E-state index contributed by atoms with van der Waals surface area (Å²) in [5.74, 6) is 0. The van der Waals surface area contributed by atoms with Crippen molar-refractivity contribution in [3.05, 3.63) is 77.1 Å². The fraction of sp³-hybridized carbons (Fsp3) is 0.286. The molecule has 0 fully saturated rings. The van der Waals surface area contributed by atoms with Crippen LogP contribution >= 0.6 is 0 Å². The monoisotopic (exact) mass is 340 g/mol. The summed E-state index contributed by atoms with van der Waals surface area (Å²) in [4.78, 5) is 4.31. The van der Waals surface area contributed by atoms with E-state index >= 15 is 0 Å². The molecule has 0 saturated heterocycles. The van der Waals surface area contributed by atoms with E-state index in [1.807, 2.05) is 19.1 Å². The fourth-order valence-corrected chi connectivity index (χ4v) is 3.26. The molecule has 2 aromatic rings. The van der Waals surface area contributed by atoms with E-state index in [0.29, 0.717) is 5.69 Å². The Bertz CT molecular complexity index is 825. The van der Waals surface area contributed by atoms with Gasteiger partial charge in [-0.15, -0.1) is 0 Å². The van der Waals surface area contributed by atoms with Crippen molar-refractivity contribution in [3.63, 3.8) is 0 Å². The predicted molar refractivity (Wildman–Crippen MR) is 98.6 cm³/mol. The molecule has 2 nitrogen and oxygen atoms in total. The highest BCUT2D eigenvalue weighted by Gasteiger charge is 2.14. The van der Waals surface area contributed by atoms with E-state index in [2.05, 4.69) is 35.6 Å². The number of hydrogen-bond donors (Lipinski definition) is 1. The summed E-state index contributed by atoms with van der Waals surface area (Å²) in [6.45, 7) is 11.1. The van der Waals surface area contributed by atoms with Crippen LogP contribution < -0.4 is 5.32 Å². The molecule has 0 amide bonds. The maximum Gasteiger partial charge on any atom is 0.244 e. The molecule has 0 spiro atoms. The predicted octanol–water partition coefficient (Wildman–Crippen LogP) is 4.77. The molecule has 0 aliphatic carbocycles. The average molecular weight is 340 g/mol. The third-order valence-corrected chi connectivity index (χ3v) is 4.57. The Labute approximate surface area is 147 Å². The number of nitrogens with zero attached hydrogens (tertiary/aromatic N) is 1. The number of hydrogen-bond acceptors (Lipinski definition) is 2. The quantitative estimate of drug-likeness (QED) is 0.867. The van der Waals surface area contributed by atoms with E-state index in [9.17, 15) is 8.78 Å². The fourth-order valence-electron chi connectivity index (χ4n) is 3.26. The molecule has 0 atom stereocenters. The zero-order valence-electron chi connectivity index (χ0n) is 14.4. The first-order valence-electron chi connectivity index (χ1n) is 8.46. The summed E-state index contributed by atoms with van der Waals surface area (Å²) in [5, 5.41) is 3.32. The number of halogens is 2. The molecule has 2 heterocycles. The molecular weight excluding hydrogens is 318 g/mol. The molecule has 1 aliphatic heterocycles. The molecule has 1 N–H and O–H groups in total. The number of pyridine rings is 1. The van der Waals surface area contributed by atoms with Crippen LogP contribution in [0.3, 0.4) is 0 Å². The van der Waals surface area contributed by atoms with Gasteiger partial charge in [0.15, 0.2) is 0 Å². The van der Waals surface area contributed by atoms with Crippen molar-refractivity contribution in [3.8, 4) is 0 Å². The molecule has 1 aliphatic rings. The van der Waals surface area contributed by atoms with Crippen molar-refractivity contribution in [1.29, 1.82) is 0 Å². The van der Waals surface area contributed by atoms with Crippen LogP contribution in [0, 0.1) is 6.92 Å². The van der Waals surface area contributed by atoms with Crippen molar-refractivity contribution in [2.24, 2.45) is 0 Å². The Kier molecular flexibility index (Phi) is 4.98. The van der Waals surface area contributed by atoms with Crippen LogP contribution in [0.5, 0.6) is 0 Å². The van der Waals surface area contributed by atoms with Gasteiger partial charge in [0.25, 0.3) is 0 Å². The number of rotatable bonds is 4. The highest BCUT2D eigenvalue weighted by atomic mass is 19.3. The third kappa shape index (κ3) is 3.78. The van der Waals surface area contributed by atoms with Gasteiger partial charge in [-0.3, -0.25) is 4.98 Å². The normalized spacial score (nSPS) is 14.0. The Morgan fingerprint density at radius 3 is 2.80 bits per heavy atom. The van der Waals surface area contributed by atoms with Gasteiger partial charge in [0.05, 0.1) is 6.42 Å². The number of aromatic nitrogens is 1. The third-order valence-electron chi connectivity index (χ3n) is 4.57. The zero-order chi connectivity index (χ0) is 18.0. The molecular formula is C21H22F2N2. The van der Waals surface area contributed by atoms with Crippen molar-refractivity contribution in [1.82, 2.24) is 10.3 Å². The lowest BCUT2D eigenvalue weighted by molar-refractivity contribution is 0.148. The number of aryl methyl sites for hydroxylation is 2. The second kappa shape index (κ2) is 7.18. The van der Waals surface area contributed by atoms with Crippen molar-refractivity contribution >= 4 is 11.3 Å². The minimum Gasteiger partial charge on any atom is -0.385 e. The van der Waals surface area contributed by atoms with Gasteiger partial charge < -0.3 is 5.32 Å². The largest absolute Gasteiger partial charge is 0.385 e. The van der Waals surface area contributed by atoms with E-state index in [0.717, 1.165) is 53.0 Å². The first-order valence-corrected chi connectivity index (χ1v) is 8.46. The number of benzene rings is 1. The molecule has 0 unspecified atom stereocenters. The number of nitrogens with one attached hydrogen (secondary N) is 1. The van der Waals surface area contributed by atoms with Gasteiger partial charge in [0.1, 0.15) is 0 Å². The molecule has 0 saturated carbocycles. The molecule has 1 aromatic carbocycles. The van der Waals surface area contributed by atoms with E-state index < -0.39 is 6.43 Å². The SMILES string of the molecule is C=C1NCCCc2cc(C(=C)c3ccc(CC(F)F)nc3C)ccc21. The van der Waals surface area contributed by atoms with Crippen LogP contribution in [0.25, 0.3) is 11.3 Å². The van der Waals surface area contributed by atoms with Crippen LogP contribution in [0.2, 0.25) is 0 Å². The summed E-state index contributed by atoms with van der Waals surface area (Å²) < 4.78 is 25.1. The Balaban J connectivity index is 1.91. The highest BCUT2D eigenvalue weighted by Crippen LogP contribution is 2.29. The van der Waals surface area contributed by atoms with E-state index in [-0.39, 0.29) is 6.42 Å². The summed E-state index contributed by atoms with van der Waals surface area (Å²) in [5.41, 5.74) is 7.28. The second-order valence-corrected chi connectivity index (χ2v) is 6.39. The summed E-state index contributed by atoms with van der Waals surface area (Å²) >= 11 is 0. The molecule has 25 heavy (non-hydrogen) atoms. The van der Waals surface area contributed by atoms with Gasteiger partial charge in [0.2, 0.25) is 6.43 Å². The lowest BCUT2D eigenvalue weighted by Gasteiger charge is -2.14. The second-order valence-electron chi connectivity index (χ2n) is 6.39. The summed E-state index contributed by atoms with van der Waals surface area (Å²) in [6.07, 6.45) is -0.647. The lowest BCUT2D eigenvalue weighted by Crippen LogP contribution is -2.10. The number of alkyl halides is 2. The van der Waals surface area contributed by atoms with Crippen LogP contribution in [0.4, 0.5) is 8.78 Å². The van der Waals surface area contributed by atoms with Gasteiger partial charge in [-0.1, -0.05) is 37.4 Å². The molecule has 130 valence electrons. The van der Waals surface area contributed by atoms with Crippen LogP contribution in [-0.2, 0) is 12.8 Å². The summed E-state index contributed by atoms with van der Waals surface area (Å²) in [6, 6.07) is 9.77. The van der Waals surface area contributed by atoms with Gasteiger partial charge >= 0.3 is 0 Å². The van der Waals surface area contributed by atoms with Gasteiger partial charge in [0, 0.05) is 34.8 Å². The van der Waals surface area contributed by atoms with Gasteiger partial charge in [-0.25, -0.2) is 8.78 Å². The van der Waals surface area contributed by atoms with E-state index in [4.69, 9.17) is 0 Å². The molecule has 0 radical (unpaired) electrons. The minimum absolute atomic E-state index is 0.318. The maximum absolute atomic E-state index is 12.5. The Hall–Kier alpha value is -2.49. The zero-order valence-corrected chi connectivity index (χ0v) is 14.4. The topological polar surface area (TPSA) is 24.9 Å². The first kappa shape index (κ1) is 17.3. The molecule has 3 rings (SSSR count). The van der Waals surface area contributed by atoms with E-state index in [1.165, 1.54) is 5.56 Å². The van der Waals surface area contributed by atoms with Crippen LogP contribution in [0.15, 0.2) is 43.5 Å². The highest BCUT2D eigenvalue weighted by molar-refractivity contribution is 5.80. The van der Waals surface area contributed by atoms with Crippen molar-refractivity contribution in [2.45, 2.75) is 32.6 Å². The smallest absolute Gasteiger partial charge is 0.244 e. The van der Waals surface area contributed by atoms with Crippen molar-refractivity contribution < 1.29 is 8.78 Å². The molecule has 4 heteroatoms. The Morgan fingerprint density at radius 2 is 2.08 bits per heavy atom. The lowest BCUT2D eigenvalue weighted by atomic mass is 9.93. The van der Waals surface area contributed by atoms with Crippen LogP contribution in [0.1, 0.15) is 40.1 Å². The van der Waals surface area contributed by atoms with Crippen LogP contribution in [-0.4, -0.2) is 18.0 Å². The van der Waals surface area contributed by atoms with Crippen molar-refractivity contribution in [2.75, 3.05) is 6.54 Å². The Morgan fingerprint density at radius 1 is 1.28 bits per heavy atom. The summed E-state index contributed by atoms with van der Waals surface area (Å²) in [7, 11) is 0. The maximum atomic E-state index is 12.5. The van der Waals surface area contributed by atoms with Gasteiger partial charge in [-0.2, -0.15) is 0 Å². The van der Waals surface area contributed by atoms with E-state index in [1.54, 1.807) is 6.07 Å².